The first-order valence-corrected chi connectivity index (χ1v) is 12.5. The van der Waals surface area contributed by atoms with Crippen molar-refractivity contribution in [2.45, 2.75) is 55.7 Å². The summed E-state index contributed by atoms with van der Waals surface area (Å²) in [6.45, 7) is 0.254. The van der Waals surface area contributed by atoms with E-state index in [4.69, 9.17) is 4.74 Å². The van der Waals surface area contributed by atoms with Gasteiger partial charge in [-0.15, -0.1) is 0 Å². The highest BCUT2D eigenvalue weighted by atomic mass is 19.1. The van der Waals surface area contributed by atoms with Crippen molar-refractivity contribution in [2.24, 2.45) is 0 Å². The summed E-state index contributed by atoms with van der Waals surface area (Å²) < 4.78 is 19.7. The van der Waals surface area contributed by atoms with Crippen molar-refractivity contribution in [3.63, 3.8) is 0 Å². The number of rotatable bonds is 3. The van der Waals surface area contributed by atoms with Crippen molar-refractivity contribution in [3.8, 4) is 17.2 Å². The quantitative estimate of drug-likeness (QED) is 0.508. The fourth-order valence-corrected chi connectivity index (χ4v) is 6.63. The number of piperidine rings is 2. The van der Waals surface area contributed by atoms with Crippen LogP contribution in [0.1, 0.15) is 60.3 Å². The van der Waals surface area contributed by atoms with Gasteiger partial charge in [0.05, 0.1) is 17.2 Å². The number of carbonyl (C=O) groups excluding carboxylic acids is 1. The number of hydrogen-bond donors (Lipinski definition) is 1. The number of benzene rings is 3. The van der Waals surface area contributed by atoms with Crippen LogP contribution in [0.4, 0.5) is 9.18 Å². The average molecular weight is 483 g/mol. The molecule has 36 heavy (non-hydrogen) atoms. The molecule has 2 atom stereocenters. The summed E-state index contributed by atoms with van der Waals surface area (Å²) in [5.74, 6) is -0.518. The molecule has 1 amide bonds. The second-order valence-electron chi connectivity index (χ2n) is 10.2. The molecule has 2 heterocycles. The number of halogens is 1. The van der Waals surface area contributed by atoms with Crippen LogP contribution in [0, 0.1) is 17.1 Å². The summed E-state index contributed by atoms with van der Waals surface area (Å²) in [5, 5.41) is 21.2. The predicted octanol–water partition coefficient (Wildman–Crippen LogP) is 5.85. The molecule has 1 N–H and O–H groups in total. The van der Waals surface area contributed by atoms with E-state index < -0.39 is 11.4 Å². The van der Waals surface area contributed by atoms with E-state index in [2.05, 4.69) is 24.3 Å². The summed E-state index contributed by atoms with van der Waals surface area (Å²) in [7, 11) is 0. The van der Waals surface area contributed by atoms with Gasteiger partial charge in [-0.25, -0.2) is 9.18 Å². The number of amides is 1. The lowest BCUT2D eigenvalue weighted by Crippen LogP contribution is -2.59. The van der Waals surface area contributed by atoms with Gasteiger partial charge in [-0.05, 0) is 53.6 Å². The number of aliphatic hydroxyl groups is 1. The van der Waals surface area contributed by atoms with Gasteiger partial charge in [-0.2, -0.15) is 5.26 Å². The average Bonchev–Trinajstić information content (AvgIpc) is 3.20. The van der Waals surface area contributed by atoms with Crippen molar-refractivity contribution >= 4 is 6.09 Å². The molecule has 5 nitrogen and oxygen atoms in total. The summed E-state index contributed by atoms with van der Waals surface area (Å²) in [6, 6.07) is 22.1. The molecule has 2 unspecified atom stereocenters. The van der Waals surface area contributed by atoms with Gasteiger partial charge < -0.3 is 14.7 Å². The van der Waals surface area contributed by atoms with Crippen molar-refractivity contribution in [1.82, 2.24) is 4.90 Å². The van der Waals surface area contributed by atoms with E-state index in [1.54, 1.807) is 4.90 Å². The number of carbonyl (C=O) groups is 1. The maximum atomic E-state index is 13.7. The molecule has 3 aliphatic rings. The highest BCUT2D eigenvalue weighted by molar-refractivity contribution is 5.79. The molecule has 2 saturated heterocycles. The van der Waals surface area contributed by atoms with Crippen molar-refractivity contribution in [1.29, 1.82) is 5.26 Å². The molecule has 0 saturated carbocycles. The molecule has 3 aromatic carbocycles. The third-order valence-electron chi connectivity index (χ3n) is 8.16. The summed E-state index contributed by atoms with van der Waals surface area (Å²) >= 11 is 0. The lowest BCUT2D eigenvalue weighted by molar-refractivity contribution is -0.0892. The van der Waals surface area contributed by atoms with Crippen LogP contribution in [0.5, 0.6) is 0 Å². The third-order valence-corrected chi connectivity index (χ3v) is 8.16. The van der Waals surface area contributed by atoms with E-state index >= 15 is 0 Å². The minimum Gasteiger partial charge on any atom is -0.448 e. The molecular formula is C30H27FN2O3. The lowest BCUT2D eigenvalue weighted by atomic mass is 9.71. The first-order valence-electron chi connectivity index (χ1n) is 12.5. The van der Waals surface area contributed by atoms with Gasteiger partial charge in [0.1, 0.15) is 12.4 Å². The molecule has 2 aliphatic heterocycles. The van der Waals surface area contributed by atoms with Gasteiger partial charge >= 0.3 is 6.09 Å². The van der Waals surface area contributed by atoms with Crippen LogP contribution in [-0.2, 0) is 10.3 Å². The fraction of sp³-hybridized carbons (Fsp3) is 0.333. The number of nitrogens with zero attached hydrogens (tertiary/aromatic N) is 2. The second-order valence-corrected chi connectivity index (χ2v) is 10.2. The van der Waals surface area contributed by atoms with Crippen molar-refractivity contribution in [3.05, 3.63) is 94.8 Å². The van der Waals surface area contributed by atoms with E-state index in [1.807, 2.05) is 30.3 Å². The lowest BCUT2D eigenvalue weighted by Gasteiger charge is -2.51. The van der Waals surface area contributed by atoms with Crippen molar-refractivity contribution in [2.75, 3.05) is 6.61 Å². The molecule has 1 aliphatic carbocycles. The smallest absolute Gasteiger partial charge is 0.410 e. The van der Waals surface area contributed by atoms with Gasteiger partial charge in [0.25, 0.3) is 0 Å². The van der Waals surface area contributed by atoms with Gasteiger partial charge in [0.15, 0.2) is 0 Å². The largest absolute Gasteiger partial charge is 0.448 e. The van der Waals surface area contributed by atoms with Gasteiger partial charge in [-0.3, -0.25) is 0 Å². The fourth-order valence-electron chi connectivity index (χ4n) is 6.63. The highest BCUT2D eigenvalue weighted by Crippen LogP contribution is 2.47. The van der Waals surface area contributed by atoms with E-state index in [0.29, 0.717) is 18.4 Å². The minimum atomic E-state index is -1.28. The van der Waals surface area contributed by atoms with Crippen LogP contribution in [-0.4, -0.2) is 34.8 Å². The van der Waals surface area contributed by atoms with Gasteiger partial charge in [-0.1, -0.05) is 54.6 Å². The summed E-state index contributed by atoms with van der Waals surface area (Å²) in [4.78, 5) is 15.2. The Morgan fingerprint density at radius 2 is 1.64 bits per heavy atom. The van der Waals surface area contributed by atoms with Crippen LogP contribution in [0.3, 0.4) is 0 Å². The van der Waals surface area contributed by atoms with E-state index in [1.165, 1.54) is 40.5 Å². The number of hydrogen-bond acceptors (Lipinski definition) is 4. The van der Waals surface area contributed by atoms with E-state index in [0.717, 1.165) is 19.3 Å². The predicted molar refractivity (Wildman–Crippen MR) is 133 cm³/mol. The van der Waals surface area contributed by atoms with Crippen LogP contribution in [0.2, 0.25) is 0 Å². The minimum absolute atomic E-state index is 0.0136. The summed E-state index contributed by atoms with van der Waals surface area (Å²) in [6.07, 6.45) is 2.72. The Balaban J connectivity index is 1.22. The Bertz CT molecular complexity index is 1320. The van der Waals surface area contributed by atoms with E-state index in [-0.39, 0.29) is 36.3 Å². The van der Waals surface area contributed by atoms with Crippen LogP contribution < -0.4 is 0 Å². The molecule has 6 heteroatoms. The molecule has 0 spiro atoms. The maximum absolute atomic E-state index is 13.7. The Morgan fingerprint density at radius 3 is 2.25 bits per heavy atom. The first-order chi connectivity index (χ1) is 17.5. The Morgan fingerprint density at radius 1 is 1.03 bits per heavy atom. The van der Waals surface area contributed by atoms with E-state index in [9.17, 15) is 19.6 Å². The monoisotopic (exact) mass is 482 g/mol. The number of nitriles is 1. The molecule has 2 bridgehead atoms. The maximum Gasteiger partial charge on any atom is 0.410 e. The molecule has 0 radical (unpaired) electrons. The Hall–Kier alpha value is -3.69. The van der Waals surface area contributed by atoms with Crippen LogP contribution >= 0.6 is 0 Å². The normalized spacial score (nSPS) is 24.5. The standard InChI is InChI=1S/C30H27FN2O3/c31-20-12-13-28(19(14-20)17-32)30(35)15-21-6-5-7-22(16-30)33(21)29(34)36-18-27-25-10-3-1-8-23(25)24-9-2-4-11-26(24)27/h1-4,8-14,21-22,27,35H,5-7,15-16,18H2. The molecule has 6 rings (SSSR count). The van der Waals surface area contributed by atoms with Gasteiger partial charge in [0.2, 0.25) is 0 Å². The highest BCUT2D eigenvalue weighted by Gasteiger charge is 2.49. The topological polar surface area (TPSA) is 73.6 Å². The van der Waals surface area contributed by atoms with Crippen LogP contribution in [0.15, 0.2) is 66.7 Å². The second kappa shape index (κ2) is 8.76. The summed E-state index contributed by atoms with van der Waals surface area (Å²) in [5.41, 5.74) is 4.00. The Kier molecular flexibility index (Phi) is 5.54. The SMILES string of the molecule is N#Cc1cc(F)ccc1C1(O)CC2CCCC(C1)N2C(=O)OCC1c2ccccc2-c2ccccc21. The third kappa shape index (κ3) is 3.66. The molecule has 182 valence electrons. The molecular weight excluding hydrogens is 455 g/mol. The zero-order valence-electron chi connectivity index (χ0n) is 19.9. The van der Waals surface area contributed by atoms with Gasteiger partial charge in [0, 0.05) is 36.4 Å². The first kappa shape index (κ1) is 22.8. The van der Waals surface area contributed by atoms with Crippen molar-refractivity contribution < 1.29 is 19.0 Å². The number of ether oxygens (including phenoxy) is 1. The molecule has 0 aromatic heterocycles. The zero-order valence-corrected chi connectivity index (χ0v) is 19.9. The van der Waals surface area contributed by atoms with Crippen LogP contribution in [0.25, 0.3) is 11.1 Å². The molecule has 2 fully saturated rings. The number of fused-ring (bicyclic) bond motifs is 5. The Labute approximate surface area is 209 Å². The molecule has 3 aromatic rings. The zero-order chi connectivity index (χ0) is 24.9.